The van der Waals surface area contributed by atoms with E-state index in [4.69, 9.17) is 31.3 Å². The SMILES string of the molecule is CC(=O)OC[C@H]1O[C@@H](Cl)[C@@H](N=O)[C@H](N=[N+]=[N-])[C@@H]1OC(C)=O. The summed E-state index contributed by atoms with van der Waals surface area (Å²) >= 11 is 5.84. The molecular weight excluding hydrogens is 308 g/mol. The van der Waals surface area contributed by atoms with Crippen LogP contribution in [0.25, 0.3) is 10.4 Å². The fraction of sp³-hybridized carbons (Fsp3) is 0.800. The Labute approximate surface area is 124 Å². The van der Waals surface area contributed by atoms with Crippen molar-refractivity contribution in [2.75, 3.05) is 6.61 Å². The third kappa shape index (κ3) is 4.55. The Kier molecular flexibility index (Phi) is 6.35. The highest BCUT2D eigenvalue weighted by Crippen LogP contribution is 2.30. The molecule has 0 radical (unpaired) electrons. The number of carbonyl (C=O) groups excluding carboxylic acids is 2. The maximum atomic E-state index is 11.2. The smallest absolute Gasteiger partial charge is 0.303 e. The molecule has 1 aliphatic heterocycles. The van der Waals surface area contributed by atoms with Crippen LogP contribution in [0.4, 0.5) is 0 Å². The summed E-state index contributed by atoms with van der Waals surface area (Å²) in [7, 11) is 0. The van der Waals surface area contributed by atoms with Gasteiger partial charge in [0.1, 0.15) is 30.9 Å². The van der Waals surface area contributed by atoms with E-state index in [0.29, 0.717) is 0 Å². The minimum absolute atomic E-state index is 0.278. The van der Waals surface area contributed by atoms with Gasteiger partial charge in [-0.3, -0.25) is 9.59 Å². The van der Waals surface area contributed by atoms with Crippen molar-refractivity contribution in [1.82, 2.24) is 0 Å². The van der Waals surface area contributed by atoms with Crippen LogP contribution >= 0.6 is 11.6 Å². The molecule has 1 saturated heterocycles. The number of rotatable bonds is 5. The molecule has 0 aromatic carbocycles. The molecule has 0 saturated carbocycles. The second-order valence-electron chi connectivity index (χ2n) is 4.19. The van der Waals surface area contributed by atoms with E-state index in [2.05, 4.69) is 15.2 Å². The van der Waals surface area contributed by atoms with E-state index in [9.17, 15) is 14.5 Å². The minimum Gasteiger partial charge on any atom is -0.463 e. The Hall–Kier alpha value is -1.90. The molecule has 0 aromatic rings. The molecule has 0 N–H and O–H groups in total. The first-order valence-corrected chi connectivity index (χ1v) is 6.31. The van der Waals surface area contributed by atoms with Crippen molar-refractivity contribution in [1.29, 1.82) is 0 Å². The minimum atomic E-state index is -1.24. The lowest BCUT2D eigenvalue weighted by atomic mass is 9.96. The first-order valence-electron chi connectivity index (χ1n) is 5.87. The number of carbonyl (C=O) groups is 2. The lowest BCUT2D eigenvalue weighted by Crippen LogP contribution is -2.57. The van der Waals surface area contributed by atoms with Gasteiger partial charge in [-0.05, 0) is 5.53 Å². The van der Waals surface area contributed by atoms with Gasteiger partial charge in [-0.1, -0.05) is 21.9 Å². The molecule has 0 spiro atoms. The molecule has 0 bridgehead atoms. The summed E-state index contributed by atoms with van der Waals surface area (Å²) in [5, 5.41) is 6.15. The van der Waals surface area contributed by atoms with Crippen molar-refractivity contribution in [2.45, 2.75) is 43.7 Å². The summed E-state index contributed by atoms with van der Waals surface area (Å²) in [5.74, 6) is -1.27. The Balaban J connectivity index is 3.04. The molecular formula is C10H13ClN4O6. The van der Waals surface area contributed by atoms with Crippen LogP contribution < -0.4 is 0 Å². The van der Waals surface area contributed by atoms with Crippen molar-refractivity contribution in [3.05, 3.63) is 15.3 Å². The van der Waals surface area contributed by atoms with E-state index in [1.54, 1.807) is 0 Å². The number of hydrogen-bond donors (Lipinski definition) is 0. The van der Waals surface area contributed by atoms with E-state index in [0.717, 1.165) is 6.92 Å². The molecule has 1 heterocycles. The number of alkyl halides is 1. The Morgan fingerprint density at radius 2 is 2.00 bits per heavy atom. The highest BCUT2D eigenvalue weighted by molar-refractivity contribution is 6.20. The molecule has 0 aliphatic carbocycles. The van der Waals surface area contributed by atoms with Gasteiger partial charge in [0.2, 0.25) is 0 Å². The van der Waals surface area contributed by atoms with Crippen LogP contribution in [0.2, 0.25) is 0 Å². The van der Waals surface area contributed by atoms with Gasteiger partial charge >= 0.3 is 11.9 Å². The molecule has 0 aromatic heterocycles. The predicted octanol–water partition coefficient (Wildman–Crippen LogP) is 1.26. The summed E-state index contributed by atoms with van der Waals surface area (Å²) in [4.78, 5) is 35.4. The van der Waals surface area contributed by atoms with Gasteiger partial charge in [-0.25, -0.2) is 0 Å². The molecule has 5 atom stereocenters. The summed E-state index contributed by atoms with van der Waals surface area (Å²) in [6.07, 6.45) is -2.12. The maximum Gasteiger partial charge on any atom is 0.303 e. The number of halogens is 1. The summed E-state index contributed by atoms with van der Waals surface area (Å²) in [5.41, 5.74) is 7.38. The lowest BCUT2D eigenvalue weighted by Gasteiger charge is -2.39. The topological polar surface area (TPSA) is 140 Å². The molecule has 0 unspecified atom stereocenters. The van der Waals surface area contributed by atoms with Gasteiger partial charge < -0.3 is 14.2 Å². The number of nitrogens with zero attached hydrogens (tertiary/aromatic N) is 4. The van der Waals surface area contributed by atoms with Crippen molar-refractivity contribution < 1.29 is 23.8 Å². The second kappa shape index (κ2) is 7.77. The average molecular weight is 321 g/mol. The van der Waals surface area contributed by atoms with Gasteiger partial charge in [0.15, 0.2) is 5.56 Å². The Bertz CT molecular complexity index is 468. The summed E-state index contributed by atoms with van der Waals surface area (Å²) in [6.45, 7) is 2.04. The normalized spacial score (nSPS) is 31.7. The summed E-state index contributed by atoms with van der Waals surface area (Å²) < 4.78 is 15.0. The Morgan fingerprint density at radius 3 is 2.48 bits per heavy atom. The van der Waals surface area contributed by atoms with Gasteiger partial charge in [0, 0.05) is 18.8 Å². The zero-order chi connectivity index (χ0) is 16.0. The van der Waals surface area contributed by atoms with Crippen LogP contribution in [0, 0.1) is 4.91 Å². The summed E-state index contributed by atoms with van der Waals surface area (Å²) in [6, 6.07) is -2.39. The van der Waals surface area contributed by atoms with Gasteiger partial charge in [-0.2, -0.15) is 4.91 Å². The zero-order valence-corrected chi connectivity index (χ0v) is 12.0. The fourth-order valence-corrected chi connectivity index (χ4v) is 2.20. The first-order chi connectivity index (χ1) is 9.90. The molecule has 116 valence electrons. The van der Waals surface area contributed by atoms with E-state index < -0.39 is 41.8 Å². The number of ether oxygens (including phenoxy) is 3. The number of esters is 2. The molecule has 0 amide bonds. The monoisotopic (exact) mass is 320 g/mol. The highest BCUT2D eigenvalue weighted by atomic mass is 35.5. The van der Waals surface area contributed by atoms with Crippen LogP contribution in [0.15, 0.2) is 10.3 Å². The number of hydrogen-bond acceptors (Lipinski definition) is 8. The lowest BCUT2D eigenvalue weighted by molar-refractivity contribution is -0.178. The van der Waals surface area contributed by atoms with Crippen LogP contribution in [-0.4, -0.2) is 48.4 Å². The van der Waals surface area contributed by atoms with Crippen LogP contribution in [-0.2, 0) is 23.8 Å². The number of nitroso groups, excluding NO2 is 1. The maximum absolute atomic E-state index is 11.2. The van der Waals surface area contributed by atoms with Gasteiger partial charge in [-0.15, -0.1) is 0 Å². The van der Waals surface area contributed by atoms with Crippen molar-refractivity contribution in [3.8, 4) is 0 Å². The molecule has 11 heteroatoms. The standard InChI is InChI=1S/C10H13ClN4O6/c1-4(16)19-3-6-9(20-5(2)17)7(13-15-12)8(14-18)10(11)21-6/h6-10H,3H2,1-2H3/t6-,7+,8+,9-,10-/m1/s1. The van der Waals surface area contributed by atoms with E-state index in [-0.39, 0.29) is 6.61 Å². The molecule has 1 rings (SSSR count). The number of azide groups is 1. The third-order valence-electron chi connectivity index (χ3n) is 2.69. The van der Waals surface area contributed by atoms with Crippen molar-refractivity contribution in [3.63, 3.8) is 0 Å². The third-order valence-corrected chi connectivity index (χ3v) is 3.05. The second-order valence-corrected chi connectivity index (χ2v) is 4.62. The first kappa shape index (κ1) is 17.2. The predicted molar refractivity (Wildman–Crippen MR) is 69.2 cm³/mol. The zero-order valence-electron chi connectivity index (χ0n) is 11.2. The van der Waals surface area contributed by atoms with Gasteiger partial charge in [0.05, 0.1) is 0 Å². The molecule has 10 nitrogen and oxygen atoms in total. The average Bonchev–Trinajstić information content (AvgIpc) is 2.39. The molecule has 1 fully saturated rings. The molecule has 1 aliphatic rings. The highest BCUT2D eigenvalue weighted by Gasteiger charge is 2.48. The van der Waals surface area contributed by atoms with Crippen LogP contribution in [0.1, 0.15) is 13.8 Å². The van der Waals surface area contributed by atoms with Gasteiger partial charge in [0.25, 0.3) is 0 Å². The van der Waals surface area contributed by atoms with E-state index in [1.807, 2.05) is 0 Å². The largest absolute Gasteiger partial charge is 0.463 e. The van der Waals surface area contributed by atoms with E-state index in [1.165, 1.54) is 6.92 Å². The van der Waals surface area contributed by atoms with Crippen molar-refractivity contribution in [2.24, 2.45) is 10.3 Å². The van der Waals surface area contributed by atoms with Crippen LogP contribution in [0.5, 0.6) is 0 Å². The quantitative estimate of drug-likeness (QED) is 0.186. The van der Waals surface area contributed by atoms with Crippen LogP contribution in [0.3, 0.4) is 0 Å². The van der Waals surface area contributed by atoms with Crippen molar-refractivity contribution >= 4 is 23.5 Å². The fourth-order valence-electron chi connectivity index (χ4n) is 1.87. The molecule has 21 heavy (non-hydrogen) atoms. The van der Waals surface area contributed by atoms with E-state index >= 15 is 0 Å². The Morgan fingerprint density at radius 1 is 1.33 bits per heavy atom.